The highest BCUT2D eigenvalue weighted by atomic mass is 79.9. The number of benzene rings is 2. The fraction of sp³-hybridized carbons (Fsp3) is 0.227. The molecule has 10 nitrogen and oxygen atoms in total. The average Bonchev–Trinajstić information content (AvgIpc) is 3.13. The van der Waals surface area contributed by atoms with Crippen LogP contribution < -0.4 is 9.47 Å². The second-order valence-electron chi connectivity index (χ2n) is 6.72. The molecule has 0 saturated carbocycles. The SMILES string of the molecule is CCOC(=O)COc1c(Br)cc(/C=C2\N=C(c3ccc(C)c([N+](=O)[O-])c3)OC2=O)cc1OC. The van der Waals surface area contributed by atoms with Crippen molar-refractivity contribution in [3.63, 3.8) is 0 Å². The van der Waals surface area contributed by atoms with Crippen LogP contribution in [0.1, 0.15) is 23.6 Å². The van der Waals surface area contributed by atoms with E-state index in [4.69, 9.17) is 18.9 Å². The van der Waals surface area contributed by atoms with Crippen LogP contribution in [0.25, 0.3) is 6.08 Å². The highest BCUT2D eigenvalue weighted by Crippen LogP contribution is 2.37. The normalized spacial score (nSPS) is 14.0. The summed E-state index contributed by atoms with van der Waals surface area (Å²) in [7, 11) is 1.43. The predicted molar refractivity (Wildman–Crippen MR) is 121 cm³/mol. The minimum absolute atomic E-state index is 0.00220. The molecule has 0 saturated heterocycles. The quantitative estimate of drug-likeness (QED) is 0.222. The number of rotatable bonds is 8. The highest BCUT2D eigenvalue weighted by Gasteiger charge is 2.26. The van der Waals surface area contributed by atoms with Gasteiger partial charge < -0.3 is 18.9 Å². The molecule has 0 amide bonds. The molecule has 0 bridgehead atoms. The number of esters is 2. The summed E-state index contributed by atoms with van der Waals surface area (Å²) in [6, 6.07) is 7.69. The molecule has 3 rings (SSSR count). The largest absolute Gasteiger partial charge is 0.493 e. The van der Waals surface area contributed by atoms with Crippen LogP contribution in [-0.4, -0.2) is 43.1 Å². The standard InChI is InChI=1S/C22H19BrN2O8/c1-4-31-19(26)11-32-20-15(23)7-13(9-18(20)30-3)8-16-22(27)33-21(24-16)14-6-5-12(2)17(10-14)25(28)29/h5-10H,4,11H2,1-3H3/b16-8-. The van der Waals surface area contributed by atoms with Gasteiger partial charge in [0.25, 0.3) is 5.69 Å². The number of halogens is 1. The molecule has 1 heterocycles. The fourth-order valence-electron chi connectivity index (χ4n) is 2.93. The van der Waals surface area contributed by atoms with Crippen molar-refractivity contribution in [3.8, 4) is 11.5 Å². The summed E-state index contributed by atoms with van der Waals surface area (Å²) in [5, 5.41) is 11.2. The van der Waals surface area contributed by atoms with E-state index >= 15 is 0 Å². The molecule has 172 valence electrons. The maximum absolute atomic E-state index is 12.3. The molecular weight excluding hydrogens is 500 g/mol. The molecule has 0 aromatic heterocycles. The molecule has 1 aliphatic rings. The zero-order valence-electron chi connectivity index (χ0n) is 17.9. The molecular formula is C22H19BrN2O8. The van der Waals surface area contributed by atoms with Gasteiger partial charge in [-0.05, 0) is 59.6 Å². The van der Waals surface area contributed by atoms with E-state index in [0.29, 0.717) is 26.9 Å². The Kier molecular flexibility index (Phi) is 7.44. The Morgan fingerprint density at radius 2 is 2.06 bits per heavy atom. The van der Waals surface area contributed by atoms with E-state index < -0.39 is 16.9 Å². The van der Waals surface area contributed by atoms with Gasteiger partial charge in [-0.3, -0.25) is 10.1 Å². The van der Waals surface area contributed by atoms with E-state index in [9.17, 15) is 19.7 Å². The Labute approximate surface area is 197 Å². The van der Waals surface area contributed by atoms with E-state index in [1.165, 1.54) is 19.3 Å². The van der Waals surface area contributed by atoms with Crippen molar-refractivity contribution in [1.29, 1.82) is 0 Å². The first-order valence-electron chi connectivity index (χ1n) is 9.67. The number of nitrogens with zero attached hydrogens (tertiary/aromatic N) is 2. The van der Waals surface area contributed by atoms with Crippen LogP contribution in [0.15, 0.2) is 45.5 Å². The van der Waals surface area contributed by atoms with Crippen LogP contribution in [0.4, 0.5) is 5.69 Å². The molecule has 0 N–H and O–H groups in total. The third-order valence-electron chi connectivity index (χ3n) is 4.47. The summed E-state index contributed by atoms with van der Waals surface area (Å²) in [6.07, 6.45) is 1.47. The van der Waals surface area contributed by atoms with Gasteiger partial charge in [0.05, 0.1) is 23.1 Å². The molecule has 0 radical (unpaired) electrons. The van der Waals surface area contributed by atoms with Crippen molar-refractivity contribution >= 4 is 45.5 Å². The number of nitro groups is 1. The zero-order chi connectivity index (χ0) is 24.1. The smallest absolute Gasteiger partial charge is 0.363 e. The van der Waals surface area contributed by atoms with Crippen LogP contribution in [0.5, 0.6) is 11.5 Å². The molecule has 0 spiro atoms. The van der Waals surface area contributed by atoms with Crippen molar-refractivity contribution in [1.82, 2.24) is 0 Å². The summed E-state index contributed by atoms with van der Waals surface area (Å²) >= 11 is 3.37. The monoisotopic (exact) mass is 518 g/mol. The predicted octanol–water partition coefficient (Wildman–Crippen LogP) is 3.96. The Bertz CT molecular complexity index is 1190. The van der Waals surface area contributed by atoms with Gasteiger partial charge in [-0.1, -0.05) is 6.07 Å². The first-order valence-corrected chi connectivity index (χ1v) is 10.5. The molecule has 2 aromatic carbocycles. The molecule has 11 heteroatoms. The lowest BCUT2D eigenvalue weighted by Crippen LogP contribution is -2.15. The van der Waals surface area contributed by atoms with Gasteiger partial charge in [-0.2, -0.15) is 0 Å². The Morgan fingerprint density at radius 3 is 2.73 bits per heavy atom. The lowest BCUT2D eigenvalue weighted by Gasteiger charge is -2.13. The number of hydrogen-bond acceptors (Lipinski definition) is 9. The van der Waals surface area contributed by atoms with Crippen LogP contribution in [0.2, 0.25) is 0 Å². The van der Waals surface area contributed by atoms with Crippen molar-refractivity contribution in [2.24, 2.45) is 4.99 Å². The van der Waals surface area contributed by atoms with Gasteiger partial charge in [-0.15, -0.1) is 0 Å². The van der Waals surface area contributed by atoms with Crippen LogP contribution in [0.3, 0.4) is 0 Å². The molecule has 1 aliphatic heterocycles. The Hall–Kier alpha value is -3.73. The summed E-state index contributed by atoms with van der Waals surface area (Å²) in [5.74, 6) is -0.659. The summed E-state index contributed by atoms with van der Waals surface area (Å²) < 4.78 is 21.4. The first kappa shape index (κ1) is 23.9. The van der Waals surface area contributed by atoms with Crippen LogP contribution >= 0.6 is 15.9 Å². The molecule has 33 heavy (non-hydrogen) atoms. The van der Waals surface area contributed by atoms with E-state index in [2.05, 4.69) is 20.9 Å². The van der Waals surface area contributed by atoms with Crippen molar-refractivity contribution < 1.29 is 33.5 Å². The fourth-order valence-corrected chi connectivity index (χ4v) is 3.50. The Balaban J connectivity index is 1.89. The lowest BCUT2D eigenvalue weighted by atomic mass is 10.1. The van der Waals surface area contributed by atoms with Crippen molar-refractivity contribution in [2.45, 2.75) is 13.8 Å². The number of carbonyl (C=O) groups is 2. The van der Waals surface area contributed by atoms with Gasteiger partial charge >= 0.3 is 11.9 Å². The second kappa shape index (κ2) is 10.3. The lowest BCUT2D eigenvalue weighted by molar-refractivity contribution is -0.385. The molecule has 0 fully saturated rings. The topological polar surface area (TPSA) is 127 Å². The maximum atomic E-state index is 12.3. The zero-order valence-corrected chi connectivity index (χ0v) is 19.5. The van der Waals surface area contributed by atoms with Crippen molar-refractivity contribution in [3.05, 3.63) is 67.3 Å². The minimum Gasteiger partial charge on any atom is -0.493 e. The third kappa shape index (κ3) is 5.55. The van der Waals surface area contributed by atoms with Gasteiger partial charge in [0.2, 0.25) is 5.90 Å². The van der Waals surface area contributed by atoms with Gasteiger partial charge in [0.1, 0.15) is 0 Å². The number of ether oxygens (including phenoxy) is 4. The second-order valence-corrected chi connectivity index (χ2v) is 7.58. The molecule has 0 unspecified atom stereocenters. The number of nitro benzene ring substituents is 1. The summed E-state index contributed by atoms with van der Waals surface area (Å²) in [6.45, 7) is 3.24. The summed E-state index contributed by atoms with van der Waals surface area (Å²) in [5.41, 5.74) is 1.23. The maximum Gasteiger partial charge on any atom is 0.363 e. The molecule has 0 atom stereocenters. The minimum atomic E-state index is -0.703. The summed E-state index contributed by atoms with van der Waals surface area (Å²) in [4.78, 5) is 38.8. The molecule has 0 aliphatic carbocycles. The van der Waals surface area contributed by atoms with Crippen molar-refractivity contribution in [2.75, 3.05) is 20.3 Å². The number of aliphatic imine (C=N–C) groups is 1. The molecule has 2 aromatic rings. The number of hydrogen-bond donors (Lipinski definition) is 0. The van der Waals surface area contributed by atoms with E-state index in [0.717, 1.165) is 0 Å². The first-order chi connectivity index (χ1) is 15.7. The number of cyclic esters (lactones) is 1. The number of carbonyl (C=O) groups excluding carboxylic acids is 2. The highest BCUT2D eigenvalue weighted by molar-refractivity contribution is 9.10. The van der Waals surface area contributed by atoms with E-state index in [1.807, 2.05) is 0 Å². The third-order valence-corrected chi connectivity index (χ3v) is 5.06. The van der Waals surface area contributed by atoms with Gasteiger partial charge in [0, 0.05) is 17.2 Å². The Morgan fingerprint density at radius 1 is 1.30 bits per heavy atom. The number of aryl methyl sites for hydroxylation is 1. The van der Waals surface area contributed by atoms with E-state index in [-0.39, 0.29) is 36.2 Å². The van der Waals surface area contributed by atoms with Gasteiger partial charge in [-0.25, -0.2) is 14.6 Å². The van der Waals surface area contributed by atoms with Gasteiger partial charge in [0.15, 0.2) is 23.8 Å². The number of methoxy groups -OCH3 is 1. The van der Waals surface area contributed by atoms with Crippen LogP contribution in [0, 0.1) is 17.0 Å². The van der Waals surface area contributed by atoms with Crippen LogP contribution in [-0.2, 0) is 19.1 Å². The van der Waals surface area contributed by atoms with E-state index in [1.54, 1.807) is 38.1 Å². The average molecular weight is 519 g/mol.